The Kier molecular flexibility index (Phi) is 6.56. The number of nitrogens with one attached hydrogen (secondary N) is 1. The number of pyridine rings is 1. The summed E-state index contributed by atoms with van der Waals surface area (Å²) >= 11 is 0. The monoisotopic (exact) mass is 556 g/mol. The van der Waals surface area contributed by atoms with E-state index < -0.39 is 11.9 Å². The SMILES string of the molecule is C[C@@H](NC(=O)c1c(N)nn2cccnc12)c1nc2cccc(C#Cc3ccc(=O)n(C)c3)c2c(=O)n1-c1ccccc1. The van der Waals surface area contributed by atoms with E-state index in [2.05, 4.69) is 27.2 Å². The zero-order chi connectivity index (χ0) is 29.4. The first kappa shape index (κ1) is 26.2. The van der Waals surface area contributed by atoms with E-state index in [-0.39, 0.29) is 22.5 Å². The molecule has 4 heterocycles. The number of nitrogens with zero attached hydrogens (tertiary/aromatic N) is 6. The molecule has 0 fully saturated rings. The Labute approximate surface area is 238 Å². The van der Waals surface area contributed by atoms with Gasteiger partial charge >= 0.3 is 0 Å². The van der Waals surface area contributed by atoms with Crippen LogP contribution in [0.1, 0.15) is 40.3 Å². The fraction of sp³-hybridized carbons (Fsp3) is 0.0968. The van der Waals surface area contributed by atoms with Gasteiger partial charge in [-0.05, 0) is 43.3 Å². The normalized spacial score (nSPS) is 11.7. The van der Waals surface area contributed by atoms with Gasteiger partial charge in [0.2, 0.25) is 5.56 Å². The number of nitrogens with two attached hydrogens (primary N) is 1. The molecule has 0 saturated carbocycles. The number of nitrogen functional groups attached to an aromatic ring is 1. The van der Waals surface area contributed by atoms with Gasteiger partial charge in [0.05, 0.1) is 22.6 Å². The highest BCUT2D eigenvalue weighted by atomic mass is 16.2. The van der Waals surface area contributed by atoms with Crippen LogP contribution in [0.15, 0.2) is 94.9 Å². The molecule has 206 valence electrons. The van der Waals surface area contributed by atoms with Crippen molar-refractivity contribution in [1.82, 2.24) is 34.0 Å². The summed E-state index contributed by atoms with van der Waals surface area (Å²) in [6.07, 6.45) is 4.83. The second-order valence-corrected chi connectivity index (χ2v) is 9.61. The first-order chi connectivity index (χ1) is 20.3. The highest BCUT2D eigenvalue weighted by Gasteiger charge is 2.24. The van der Waals surface area contributed by atoms with Gasteiger partial charge in [0.15, 0.2) is 11.5 Å². The van der Waals surface area contributed by atoms with E-state index in [0.717, 1.165) is 0 Å². The predicted octanol–water partition coefficient (Wildman–Crippen LogP) is 2.60. The lowest BCUT2D eigenvalue weighted by molar-refractivity contribution is 0.0940. The maximum Gasteiger partial charge on any atom is 0.267 e. The first-order valence-electron chi connectivity index (χ1n) is 13.0. The van der Waals surface area contributed by atoms with Crippen molar-refractivity contribution in [1.29, 1.82) is 0 Å². The third-order valence-electron chi connectivity index (χ3n) is 6.75. The van der Waals surface area contributed by atoms with Gasteiger partial charge in [-0.15, -0.1) is 5.10 Å². The number of rotatable bonds is 4. The molecule has 3 N–H and O–H groups in total. The van der Waals surface area contributed by atoms with Gasteiger partial charge in [0.1, 0.15) is 11.4 Å². The third kappa shape index (κ3) is 4.67. The van der Waals surface area contributed by atoms with Crippen molar-refractivity contribution < 1.29 is 4.79 Å². The van der Waals surface area contributed by atoms with E-state index in [4.69, 9.17) is 10.7 Å². The maximum absolute atomic E-state index is 14.2. The Morgan fingerprint density at radius 3 is 2.60 bits per heavy atom. The number of hydrogen-bond acceptors (Lipinski definition) is 7. The number of carbonyl (C=O) groups excluding carboxylic acids is 1. The number of benzene rings is 2. The summed E-state index contributed by atoms with van der Waals surface area (Å²) in [5, 5.41) is 7.41. The smallest absolute Gasteiger partial charge is 0.267 e. The molecule has 0 unspecified atom stereocenters. The average molecular weight is 557 g/mol. The Bertz CT molecular complexity index is 2190. The van der Waals surface area contributed by atoms with Gasteiger partial charge in [0.25, 0.3) is 11.5 Å². The van der Waals surface area contributed by atoms with E-state index >= 15 is 0 Å². The van der Waals surface area contributed by atoms with E-state index in [1.165, 1.54) is 19.7 Å². The molecule has 0 spiro atoms. The standard InChI is InChI=1S/C31H24N8O3/c1-19(34-30(41)26-27(32)36-38-17-7-16-33-29(26)38)28-35-23-11-6-8-21(14-12-20-13-15-24(40)37(2)18-20)25(23)31(42)39(28)22-9-4-3-5-10-22/h3-11,13,15-19H,1-2H3,(H2,32,36)(H,34,41)/t19-/m1/s1. The number of para-hydroxylation sites is 1. The second-order valence-electron chi connectivity index (χ2n) is 9.61. The van der Waals surface area contributed by atoms with Crippen LogP contribution in [-0.2, 0) is 7.05 Å². The molecule has 0 aliphatic heterocycles. The minimum atomic E-state index is -0.715. The van der Waals surface area contributed by atoms with Crippen LogP contribution in [0.5, 0.6) is 0 Å². The Hall–Kier alpha value is -6.02. The summed E-state index contributed by atoms with van der Waals surface area (Å²) in [6.45, 7) is 1.74. The highest BCUT2D eigenvalue weighted by Crippen LogP contribution is 2.22. The molecule has 4 aromatic heterocycles. The predicted molar refractivity (Wildman–Crippen MR) is 158 cm³/mol. The number of aromatic nitrogens is 6. The van der Waals surface area contributed by atoms with Crippen molar-refractivity contribution in [3.05, 3.63) is 129 Å². The summed E-state index contributed by atoms with van der Waals surface area (Å²) in [7, 11) is 1.65. The number of aryl methyl sites for hydroxylation is 1. The molecule has 0 saturated heterocycles. The van der Waals surface area contributed by atoms with Crippen LogP contribution in [0, 0.1) is 11.8 Å². The zero-order valence-corrected chi connectivity index (χ0v) is 22.6. The summed E-state index contributed by atoms with van der Waals surface area (Å²) in [5.74, 6) is 5.96. The third-order valence-corrected chi connectivity index (χ3v) is 6.75. The number of anilines is 1. The molecule has 6 rings (SSSR count). The van der Waals surface area contributed by atoms with Crippen molar-refractivity contribution in [3.63, 3.8) is 0 Å². The number of carbonyl (C=O) groups is 1. The Balaban J connectivity index is 1.47. The number of amides is 1. The van der Waals surface area contributed by atoms with Crippen LogP contribution in [0.4, 0.5) is 5.82 Å². The van der Waals surface area contributed by atoms with Crippen molar-refractivity contribution in [2.24, 2.45) is 7.05 Å². The van der Waals surface area contributed by atoms with Crippen LogP contribution in [0.2, 0.25) is 0 Å². The lowest BCUT2D eigenvalue weighted by Gasteiger charge is -2.20. The molecule has 0 aliphatic carbocycles. The van der Waals surface area contributed by atoms with Gasteiger partial charge in [0, 0.05) is 42.8 Å². The average Bonchev–Trinajstić information content (AvgIpc) is 3.33. The minimum absolute atomic E-state index is 0.0343. The largest absolute Gasteiger partial charge is 0.381 e. The Morgan fingerprint density at radius 2 is 1.81 bits per heavy atom. The van der Waals surface area contributed by atoms with Crippen molar-refractivity contribution in [2.75, 3.05) is 5.73 Å². The fourth-order valence-electron chi connectivity index (χ4n) is 4.73. The van der Waals surface area contributed by atoms with Crippen LogP contribution >= 0.6 is 0 Å². The highest BCUT2D eigenvalue weighted by molar-refractivity contribution is 6.04. The first-order valence-corrected chi connectivity index (χ1v) is 13.0. The van der Waals surface area contributed by atoms with E-state index in [1.807, 2.05) is 18.2 Å². The minimum Gasteiger partial charge on any atom is -0.381 e. The molecule has 0 bridgehead atoms. The number of fused-ring (bicyclic) bond motifs is 2. The fourth-order valence-corrected chi connectivity index (χ4v) is 4.73. The summed E-state index contributed by atoms with van der Waals surface area (Å²) in [5.41, 5.74) is 8.12. The quantitative estimate of drug-likeness (QED) is 0.318. The van der Waals surface area contributed by atoms with E-state index in [9.17, 15) is 14.4 Å². The summed E-state index contributed by atoms with van der Waals surface area (Å²) < 4.78 is 4.35. The summed E-state index contributed by atoms with van der Waals surface area (Å²) in [6, 6.07) is 18.4. The van der Waals surface area contributed by atoms with Gasteiger partial charge in [-0.2, -0.15) is 0 Å². The van der Waals surface area contributed by atoms with E-state index in [0.29, 0.717) is 39.2 Å². The number of hydrogen-bond donors (Lipinski definition) is 2. The molecule has 1 amide bonds. The van der Waals surface area contributed by atoms with E-state index in [1.54, 1.807) is 75.0 Å². The Morgan fingerprint density at radius 1 is 1.00 bits per heavy atom. The lowest BCUT2D eigenvalue weighted by atomic mass is 10.1. The molecule has 42 heavy (non-hydrogen) atoms. The van der Waals surface area contributed by atoms with Crippen LogP contribution in [0.25, 0.3) is 22.2 Å². The molecular weight excluding hydrogens is 532 g/mol. The molecule has 0 aliphatic rings. The van der Waals surface area contributed by atoms with Gasteiger partial charge in [-0.3, -0.25) is 19.0 Å². The molecule has 6 aromatic rings. The molecule has 1 atom stereocenters. The lowest BCUT2D eigenvalue weighted by Crippen LogP contribution is -2.33. The molecule has 11 nitrogen and oxygen atoms in total. The van der Waals surface area contributed by atoms with Crippen LogP contribution < -0.4 is 22.2 Å². The van der Waals surface area contributed by atoms with Crippen molar-refractivity contribution in [2.45, 2.75) is 13.0 Å². The zero-order valence-electron chi connectivity index (χ0n) is 22.6. The second kappa shape index (κ2) is 10.5. The van der Waals surface area contributed by atoms with Crippen molar-refractivity contribution in [3.8, 4) is 17.5 Å². The van der Waals surface area contributed by atoms with Gasteiger partial charge in [-0.25, -0.2) is 14.5 Å². The summed E-state index contributed by atoms with van der Waals surface area (Å²) in [4.78, 5) is 48.4. The molecule has 2 aromatic carbocycles. The van der Waals surface area contributed by atoms with Crippen LogP contribution in [-0.4, -0.2) is 34.6 Å². The van der Waals surface area contributed by atoms with Crippen molar-refractivity contribution >= 4 is 28.3 Å². The van der Waals surface area contributed by atoms with Gasteiger partial charge in [-0.1, -0.05) is 36.1 Å². The van der Waals surface area contributed by atoms with Crippen LogP contribution in [0.3, 0.4) is 0 Å². The maximum atomic E-state index is 14.2. The van der Waals surface area contributed by atoms with Gasteiger partial charge < -0.3 is 15.6 Å². The molecule has 0 radical (unpaired) electrons. The molecular formula is C31H24N8O3. The molecule has 11 heteroatoms. The topological polar surface area (TPSA) is 142 Å².